The van der Waals surface area contributed by atoms with Crippen molar-refractivity contribution in [3.8, 4) is 5.75 Å². The molecule has 0 saturated carbocycles. The maximum Gasteiger partial charge on any atom is 0.264 e. The number of hydrogen-bond acceptors (Lipinski definition) is 6. The number of anilines is 3. The third-order valence-electron chi connectivity index (χ3n) is 6.33. The third kappa shape index (κ3) is 7.25. The highest BCUT2D eigenvalue weighted by atomic mass is 32.2. The largest absolute Gasteiger partial charge is 0.494 e. The second kappa shape index (κ2) is 12.6. The molecule has 0 aliphatic carbocycles. The highest BCUT2D eigenvalue weighted by molar-refractivity contribution is 7.93. The van der Waals surface area contributed by atoms with Gasteiger partial charge in [-0.25, -0.2) is 21.2 Å². The molecule has 4 aromatic rings. The number of rotatable bonds is 11. The normalized spacial score (nSPS) is 11.5. The Kier molecular flexibility index (Phi) is 9.17. The molecule has 9 nitrogen and oxygen atoms in total. The number of benzene rings is 4. The molecule has 0 aromatic heterocycles. The van der Waals surface area contributed by atoms with Crippen LogP contribution in [0.3, 0.4) is 0 Å². The summed E-state index contributed by atoms with van der Waals surface area (Å²) in [7, 11) is -8.13. The molecule has 2 N–H and O–H groups in total. The fourth-order valence-electron chi connectivity index (χ4n) is 3.99. The minimum atomic E-state index is -4.24. The van der Waals surface area contributed by atoms with Crippen molar-refractivity contribution in [2.24, 2.45) is 0 Å². The van der Waals surface area contributed by atoms with Gasteiger partial charge in [0, 0.05) is 11.4 Å². The maximum atomic E-state index is 13.6. The van der Waals surface area contributed by atoms with Crippen molar-refractivity contribution < 1.29 is 30.8 Å². The van der Waals surface area contributed by atoms with Gasteiger partial charge in [0.2, 0.25) is 5.91 Å². The first kappa shape index (κ1) is 30.5. The molecule has 0 heterocycles. The summed E-state index contributed by atoms with van der Waals surface area (Å²) in [6, 6.07) is 21.1. The summed E-state index contributed by atoms with van der Waals surface area (Å²) in [5.41, 5.74) is 2.72. The molecule has 4 rings (SSSR count). The summed E-state index contributed by atoms with van der Waals surface area (Å²) >= 11 is 0. The summed E-state index contributed by atoms with van der Waals surface area (Å²) in [5, 5.41) is 2.59. The molecular weight excluding hydrogens is 581 g/mol. The van der Waals surface area contributed by atoms with Crippen LogP contribution in [0.2, 0.25) is 0 Å². The van der Waals surface area contributed by atoms with Crippen LogP contribution in [0.5, 0.6) is 5.75 Å². The summed E-state index contributed by atoms with van der Waals surface area (Å²) in [6.07, 6.45) is 0. The van der Waals surface area contributed by atoms with Gasteiger partial charge in [-0.1, -0.05) is 6.07 Å². The van der Waals surface area contributed by atoms with Gasteiger partial charge in [0.15, 0.2) is 0 Å². The molecule has 0 spiro atoms. The van der Waals surface area contributed by atoms with Crippen LogP contribution in [0.1, 0.15) is 18.1 Å². The quantitative estimate of drug-likeness (QED) is 0.232. The number of carbonyl (C=O) groups is 1. The molecule has 0 radical (unpaired) electrons. The smallest absolute Gasteiger partial charge is 0.264 e. The van der Waals surface area contributed by atoms with Crippen molar-refractivity contribution >= 4 is 43.0 Å². The minimum Gasteiger partial charge on any atom is -0.494 e. The van der Waals surface area contributed by atoms with E-state index in [1.807, 2.05) is 19.9 Å². The molecule has 0 atom stereocenters. The Labute approximate surface area is 245 Å². The van der Waals surface area contributed by atoms with Crippen molar-refractivity contribution in [1.29, 1.82) is 0 Å². The number of amides is 1. The average Bonchev–Trinajstić information content (AvgIpc) is 2.95. The van der Waals surface area contributed by atoms with Crippen molar-refractivity contribution in [3.63, 3.8) is 0 Å². The summed E-state index contributed by atoms with van der Waals surface area (Å²) in [6.45, 7) is 5.38. The van der Waals surface area contributed by atoms with Crippen LogP contribution in [0.4, 0.5) is 21.5 Å². The van der Waals surface area contributed by atoms with Crippen molar-refractivity contribution in [2.75, 3.05) is 27.5 Å². The van der Waals surface area contributed by atoms with Gasteiger partial charge in [-0.3, -0.25) is 13.8 Å². The van der Waals surface area contributed by atoms with Gasteiger partial charge in [-0.15, -0.1) is 0 Å². The second-order valence-electron chi connectivity index (χ2n) is 9.37. The van der Waals surface area contributed by atoms with E-state index in [4.69, 9.17) is 4.74 Å². The van der Waals surface area contributed by atoms with E-state index in [0.29, 0.717) is 18.0 Å². The lowest BCUT2D eigenvalue weighted by molar-refractivity contribution is -0.114. The Hall–Kier alpha value is -4.42. The maximum absolute atomic E-state index is 13.6. The zero-order valence-corrected chi connectivity index (χ0v) is 24.8. The van der Waals surface area contributed by atoms with E-state index >= 15 is 0 Å². The second-order valence-corrected chi connectivity index (χ2v) is 12.9. The molecule has 220 valence electrons. The number of sulfonamides is 2. The molecule has 1 amide bonds. The lowest BCUT2D eigenvalue weighted by Crippen LogP contribution is -2.38. The fourth-order valence-corrected chi connectivity index (χ4v) is 6.46. The first-order chi connectivity index (χ1) is 19.9. The topological polar surface area (TPSA) is 122 Å². The molecule has 42 heavy (non-hydrogen) atoms. The average molecular weight is 612 g/mol. The van der Waals surface area contributed by atoms with Crippen LogP contribution in [0, 0.1) is 19.7 Å². The molecule has 12 heteroatoms. The molecule has 0 bridgehead atoms. The molecule has 4 aromatic carbocycles. The number of halogens is 1. The van der Waals surface area contributed by atoms with Crippen molar-refractivity contribution in [2.45, 2.75) is 30.6 Å². The van der Waals surface area contributed by atoms with Crippen LogP contribution in [-0.2, 0) is 24.8 Å². The molecular formula is C30H30FN3O6S2. The highest BCUT2D eigenvalue weighted by Crippen LogP contribution is 2.26. The van der Waals surface area contributed by atoms with Gasteiger partial charge in [0.1, 0.15) is 18.1 Å². The number of hydrogen-bond donors (Lipinski definition) is 2. The lowest BCUT2D eigenvalue weighted by Gasteiger charge is -2.24. The van der Waals surface area contributed by atoms with Gasteiger partial charge in [0.25, 0.3) is 20.0 Å². The van der Waals surface area contributed by atoms with Crippen molar-refractivity contribution in [1.82, 2.24) is 0 Å². The molecule has 0 aliphatic heterocycles. The zero-order chi connectivity index (χ0) is 30.5. The molecule has 0 unspecified atom stereocenters. The lowest BCUT2D eigenvalue weighted by atomic mass is 10.1. The van der Waals surface area contributed by atoms with E-state index in [1.54, 1.807) is 19.1 Å². The van der Waals surface area contributed by atoms with E-state index in [1.165, 1.54) is 60.7 Å². The number of carbonyl (C=O) groups excluding carboxylic acids is 1. The fraction of sp³-hybridized carbons (Fsp3) is 0.167. The van der Waals surface area contributed by atoms with Crippen LogP contribution in [-0.4, -0.2) is 35.9 Å². The van der Waals surface area contributed by atoms with Gasteiger partial charge in [-0.2, -0.15) is 0 Å². The number of nitrogens with one attached hydrogen (secondary N) is 2. The third-order valence-corrected chi connectivity index (χ3v) is 9.52. The zero-order valence-electron chi connectivity index (χ0n) is 23.2. The summed E-state index contributed by atoms with van der Waals surface area (Å²) < 4.78 is 75.2. The number of nitrogens with zero attached hydrogens (tertiary/aromatic N) is 1. The van der Waals surface area contributed by atoms with E-state index < -0.39 is 38.3 Å². The van der Waals surface area contributed by atoms with Gasteiger partial charge >= 0.3 is 0 Å². The summed E-state index contributed by atoms with van der Waals surface area (Å²) in [4.78, 5) is 12.9. The standard InChI is InChI=1S/C30H30FN3O6S2/c1-4-40-27-13-17-29(18-14-27)42(38,39)34(26-11-6-23(31)7-12-26)20-30(35)32-24-9-15-28(16-10-24)41(36,37)33-25-8-5-21(2)22(3)19-25/h5-19,33H,4,20H2,1-3H3,(H,32,35). The number of ether oxygens (including phenoxy) is 1. The van der Waals surface area contributed by atoms with Gasteiger partial charge in [-0.05, 0) is 117 Å². The van der Waals surface area contributed by atoms with Crippen molar-refractivity contribution in [3.05, 3.63) is 108 Å². The van der Waals surface area contributed by atoms with Gasteiger partial charge in [0.05, 0.1) is 22.1 Å². The first-order valence-corrected chi connectivity index (χ1v) is 15.8. The Balaban J connectivity index is 1.52. The van der Waals surface area contributed by atoms with Crippen LogP contribution in [0.15, 0.2) is 101 Å². The Morgan fingerprint density at radius 1 is 0.786 bits per heavy atom. The van der Waals surface area contributed by atoms with Crippen LogP contribution < -0.4 is 19.1 Å². The first-order valence-electron chi connectivity index (χ1n) is 12.9. The predicted octanol–water partition coefficient (Wildman–Crippen LogP) is 5.48. The highest BCUT2D eigenvalue weighted by Gasteiger charge is 2.27. The van der Waals surface area contributed by atoms with Crippen LogP contribution >= 0.6 is 0 Å². The predicted molar refractivity (Wildman–Crippen MR) is 160 cm³/mol. The van der Waals surface area contributed by atoms with E-state index in [9.17, 15) is 26.0 Å². The van der Waals surface area contributed by atoms with E-state index in [-0.39, 0.29) is 21.2 Å². The Morgan fingerprint density at radius 2 is 1.38 bits per heavy atom. The molecule has 0 fully saturated rings. The van der Waals surface area contributed by atoms with Crippen LogP contribution in [0.25, 0.3) is 0 Å². The van der Waals surface area contributed by atoms with E-state index in [0.717, 1.165) is 27.6 Å². The SMILES string of the molecule is CCOc1ccc(S(=O)(=O)N(CC(=O)Nc2ccc(S(=O)(=O)Nc3ccc(C)c(C)c3)cc2)c2ccc(F)cc2)cc1. The Morgan fingerprint density at radius 3 is 1.98 bits per heavy atom. The monoisotopic (exact) mass is 611 g/mol. The molecule has 0 aliphatic rings. The summed E-state index contributed by atoms with van der Waals surface area (Å²) in [5.74, 6) is -0.779. The van der Waals surface area contributed by atoms with Gasteiger partial charge < -0.3 is 10.1 Å². The minimum absolute atomic E-state index is 0.0234. The van der Waals surface area contributed by atoms with E-state index in [2.05, 4.69) is 10.0 Å². The molecule has 0 saturated heterocycles. The Bertz CT molecular complexity index is 1780. The number of aryl methyl sites for hydroxylation is 2.